The highest BCUT2D eigenvalue weighted by atomic mass is 16.5. The number of rotatable bonds is 7. The number of hydrogen-bond donors (Lipinski definition) is 1. The highest BCUT2D eigenvalue weighted by Crippen LogP contribution is 2.22. The zero-order valence-electron chi connectivity index (χ0n) is 12.7. The number of aliphatic hydroxyl groups excluding tert-OH is 1. The van der Waals surface area contributed by atoms with Gasteiger partial charge in [0.05, 0.1) is 6.10 Å². The Morgan fingerprint density at radius 2 is 1.68 bits per heavy atom. The molecule has 0 heterocycles. The second-order valence-electron chi connectivity index (χ2n) is 5.26. The Kier molecular flexibility index (Phi) is 5.50. The van der Waals surface area contributed by atoms with Crippen molar-refractivity contribution in [2.24, 2.45) is 0 Å². The van der Waals surface area contributed by atoms with Gasteiger partial charge in [0.25, 0.3) is 0 Å². The Morgan fingerprint density at radius 3 is 2.27 bits per heavy atom. The molecule has 2 aromatic rings. The molecule has 0 saturated carbocycles. The van der Waals surface area contributed by atoms with Crippen LogP contribution in [-0.2, 0) is 4.79 Å². The fraction of sp³-hybridized carbons (Fsp3) is 0.211. The van der Waals surface area contributed by atoms with E-state index in [1.807, 2.05) is 54.6 Å². The van der Waals surface area contributed by atoms with Crippen molar-refractivity contribution < 1.29 is 14.6 Å². The van der Waals surface area contributed by atoms with Gasteiger partial charge in [-0.2, -0.15) is 0 Å². The number of carbonyl (C=O) groups excluding carboxylic acids is 1. The molecule has 1 unspecified atom stereocenters. The molecule has 0 aliphatic heterocycles. The second-order valence-corrected chi connectivity index (χ2v) is 5.26. The molecule has 0 radical (unpaired) electrons. The third-order valence-electron chi connectivity index (χ3n) is 3.30. The third kappa shape index (κ3) is 4.57. The maximum absolute atomic E-state index is 11.5. The standard InChI is InChI=1S/C19H20O3/c1-14(2)19(21)12-17(20)13-22-18-10-8-16(9-11-18)15-6-4-3-5-7-15/h3-11,17,20H,1,12-13H2,2H3. The van der Waals surface area contributed by atoms with Crippen molar-refractivity contribution in [2.75, 3.05) is 6.61 Å². The summed E-state index contributed by atoms with van der Waals surface area (Å²) >= 11 is 0. The Hall–Kier alpha value is -2.39. The Bertz CT molecular complexity index is 629. The molecule has 22 heavy (non-hydrogen) atoms. The first-order valence-electron chi connectivity index (χ1n) is 7.21. The van der Waals surface area contributed by atoms with Crippen LogP contribution in [0.1, 0.15) is 13.3 Å². The number of ketones is 1. The largest absolute Gasteiger partial charge is 0.491 e. The van der Waals surface area contributed by atoms with Gasteiger partial charge in [-0.25, -0.2) is 0 Å². The quantitative estimate of drug-likeness (QED) is 0.794. The number of aliphatic hydroxyl groups is 1. The smallest absolute Gasteiger partial charge is 0.160 e. The highest BCUT2D eigenvalue weighted by molar-refractivity contribution is 5.94. The predicted molar refractivity (Wildman–Crippen MR) is 87.8 cm³/mol. The van der Waals surface area contributed by atoms with E-state index >= 15 is 0 Å². The van der Waals surface area contributed by atoms with Crippen LogP contribution in [0, 0.1) is 0 Å². The normalized spacial score (nSPS) is 11.7. The third-order valence-corrected chi connectivity index (χ3v) is 3.30. The number of benzene rings is 2. The molecule has 114 valence electrons. The minimum atomic E-state index is -0.821. The summed E-state index contributed by atoms with van der Waals surface area (Å²) in [6.07, 6.45) is -0.782. The van der Waals surface area contributed by atoms with Gasteiger partial charge >= 0.3 is 0 Å². The van der Waals surface area contributed by atoms with Crippen LogP contribution in [0.3, 0.4) is 0 Å². The second kappa shape index (κ2) is 7.57. The Balaban J connectivity index is 1.89. The molecule has 3 heteroatoms. The van der Waals surface area contributed by atoms with E-state index in [9.17, 15) is 9.90 Å². The SMILES string of the molecule is C=C(C)C(=O)CC(O)COc1ccc(-c2ccccc2)cc1. The van der Waals surface area contributed by atoms with Crippen molar-refractivity contribution in [1.29, 1.82) is 0 Å². The number of allylic oxidation sites excluding steroid dienone is 1. The summed E-state index contributed by atoms with van der Waals surface area (Å²) in [7, 11) is 0. The van der Waals surface area contributed by atoms with Crippen molar-refractivity contribution in [3.05, 3.63) is 66.7 Å². The fourth-order valence-electron chi connectivity index (χ4n) is 2.01. The van der Waals surface area contributed by atoms with Gasteiger partial charge in [-0.15, -0.1) is 0 Å². The number of ether oxygens (including phenoxy) is 1. The summed E-state index contributed by atoms with van der Waals surface area (Å²) in [6, 6.07) is 17.7. The van der Waals surface area contributed by atoms with Crippen LogP contribution in [-0.4, -0.2) is 23.6 Å². The van der Waals surface area contributed by atoms with Crippen LogP contribution in [0.25, 0.3) is 11.1 Å². The van der Waals surface area contributed by atoms with Crippen LogP contribution >= 0.6 is 0 Å². The topological polar surface area (TPSA) is 46.5 Å². The molecule has 0 aliphatic rings. The van der Waals surface area contributed by atoms with Crippen LogP contribution in [0.2, 0.25) is 0 Å². The van der Waals surface area contributed by atoms with Gasteiger partial charge in [-0.3, -0.25) is 4.79 Å². The van der Waals surface area contributed by atoms with Gasteiger partial charge in [0.15, 0.2) is 5.78 Å². The summed E-state index contributed by atoms with van der Waals surface area (Å²) in [5.74, 6) is 0.525. The van der Waals surface area contributed by atoms with Crippen LogP contribution in [0.15, 0.2) is 66.7 Å². The van der Waals surface area contributed by atoms with Crippen molar-refractivity contribution >= 4 is 5.78 Å². The molecule has 0 aromatic heterocycles. The molecule has 0 saturated heterocycles. The average Bonchev–Trinajstić information content (AvgIpc) is 2.54. The summed E-state index contributed by atoms with van der Waals surface area (Å²) in [4.78, 5) is 11.5. The molecule has 0 fully saturated rings. The number of hydrogen-bond acceptors (Lipinski definition) is 3. The maximum atomic E-state index is 11.5. The average molecular weight is 296 g/mol. The molecular weight excluding hydrogens is 276 g/mol. The molecule has 2 aromatic carbocycles. The van der Waals surface area contributed by atoms with Gasteiger partial charge in [-0.1, -0.05) is 49.0 Å². The van der Waals surface area contributed by atoms with E-state index in [2.05, 4.69) is 6.58 Å². The zero-order valence-corrected chi connectivity index (χ0v) is 12.7. The van der Waals surface area contributed by atoms with E-state index in [-0.39, 0.29) is 18.8 Å². The zero-order chi connectivity index (χ0) is 15.9. The molecular formula is C19H20O3. The lowest BCUT2D eigenvalue weighted by Crippen LogP contribution is -2.21. The monoisotopic (exact) mass is 296 g/mol. The molecule has 0 spiro atoms. The lowest BCUT2D eigenvalue weighted by molar-refractivity contribution is -0.117. The van der Waals surface area contributed by atoms with E-state index in [1.165, 1.54) is 0 Å². The summed E-state index contributed by atoms with van der Waals surface area (Å²) < 4.78 is 5.51. The Morgan fingerprint density at radius 1 is 1.09 bits per heavy atom. The lowest BCUT2D eigenvalue weighted by Gasteiger charge is -2.12. The predicted octanol–water partition coefficient (Wildman–Crippen LogP) is 3.63. The van der Waals surface area contributed by atoms with Gasteiger partial charge in [0, 0.05) is 6.42 Å². The van der Waals surface area contributed by atoms with Gasteiger partial charge < -0.3 is 9.84 Å². The Labute approximate surface area is 130 Å². The first-order chi connectivity index (χ1) is 10.6. The minimum Gasteiger partial charge on any atom is -0.491 e. The molecule has 1 atom stereocenters. The number of carbonyl (C=O) groups is 1. The van der Waals surface area contributed by atoms with Crippen LogP contribution in [0.4, 0.5) is 0 Å². The molecule has 3 nitrogen and oxygen atoms in total. The fourth-order valence-corrected chi connectivity index (χ4v) is 2.01. The molecule has 2 rings (SSSR count). The van der Waals surface area contributed by atoms with Crippen molar-refractivity contribution in [2.45, 2.75) is 19.4 Å². The summed E-state index contributed by atoms with van der Waals surface area (Å²) in [6.45, 7) is 5.29. The molecule has 1 N–H and O–H groups in total. The number of Topliss-reactive ketones (excluding diaryl/α,β-unsaturated/α-hetero) is 1. The van der Waals surface area contributed by atoms with E-state index < -0.39 is 6.10 Å². The van der Waals surface area contributed by atoms with Gasteiger partial charge in [0.1, 0.15) is 12.4 Å². The highest BCUT2D eigenvalue weighted by Gasteiger charge is 2.12. The maximum Gasteiger partial charge on any atom is 0.160 e. The first-order valence-corrected chi connectivity index (χ1v) is 7.21. The summed E-state index contributed by atoms with van der Waals surface area (Å²) in [5, 5.41) is 9.78. The molecule has 0 amide bonds. The minimum absolute atomic E-state index is 0.0391. The van der Waals surface area contributed by atoms with E-state index in [0.29, 0.717) is 11.3 Å². The lowest BCUT2D eigenvalue weighted by atomic mass is 10.1. The van der Waals surface area contributed by atoms with Gasteiger partial charge in [-0.05, 0) is 35.8 Å². The van der Waals surface area contributed by atoms with Crippen molar-refractivity contribution in [3.63, 3.8) is 0 Å². The summed E-state index contributed by atoms with van der Waals surface area (Å²) in [5.41, 5.74) is 2.69. The van der Waals surface area contributed by atoms with Crippen LogP contribution in [0.5, 0.6) is 5.75 Å². The molecule has 0 bridgehead atoms. The van der Waals surface area contributed by atoms with Crippen molar-refractivity contribution in [3.8, 4) is 16.9 Å². The first kappa shape index (κ1) is 16.0. The van der Waals surface area contributed by atoms with E-state index in [1.54, 1.807) is 6.92 Å². The molecule has 0 aliphatic carbocycles. The van der Waals surface area contributed by atoms with Crippen molar-refractivity contribution in [1.82, 2.24) is 0 Å². The van der Waals surface area contributed by atoms with E-state index in [0.717, 1.165) is 11.1 Å². The van der Waals surface area contributed by atoms with Crippen LogP contribution < -0.4 is 4.74 Å². The van der Waals surface area contributed by atoms with Gasteiger partial charge in [0.2, 0.25) is 0 Å². The van der Waals surface area contributed by atoms with E-state index in [4.69, 9.17) is 4.74 Å².